The third-order valence-corrected chi connectivity index (χ3v) is 7.06. The van der Waals surface area contributed by atoms with E-state index in [9.17, 15) is 0 Å². The zero-order valence-electron chi connectivity index (χ0n) is 16.3. The van der Waals surface area contributed by atoms with Crippen LogP contribution in [0.3, 0.4) is 0 Å². The molecule has 27 heavy (non-hydrogen) atoms. The van der Waals surface area contributed by atoms with Crippen molar-refractivity contribution in [3.8, 4) is 11.5 Å². The van der Waals surface area contributed by atoms with Gasteiger partial charge in [0.1, 0.15) is 11.5 Å². The number of benzene rings is 2. The van der Waals surface area contributed by atoms with Crippen molar-refractivity contribution in [3.05, 3.63) is 65.2 Å². The van der Waals surface area contributed by atoms with Crippen LogP contribution in [0.4, 0.5) is 0 Å². The first-order chi connectivity index (χ1) is 13.2. The topological polar surface area (TPSA) is 18.5 Å². The summed E-state index contributed by atoms with van der Waals surface area (Å²) in [5.74, 6) is 5.35. The SMILES string of the molecule is COc1ccc(C(=C2C3CC4CC(C3)CC2C4)c2ccc(OC)cc2)cc1. The number of ether oxygens (including phenoxy) is 2. The number of rotatable bonds is 4. The van der Waals surface area contributed by atoms with Crippen LogP contribution >= 0.6 is 0 Å². The van der Waals surface area contributed by atoms with Crippen molar-refractivity contribution in [2.45, 2.75) is 32.1 Å². The maximum atomic E-state index is 5.39. The van der Waals surface area contributed by atoms with Gasteiger partial charge in [0.2, 0.25) is 0 Å². The molecule has 4 fully saturated rings. The van der Waals surface area contributed by atoms with Crippen molar-refractivity contribution in [1.82, 2.24) is 0 Å². The maximum absolute atomic E-state index is 5.39. The minimum Gasteiger partial charge on any atom is -0.497 e. The van der Waals surface area contributed by atoms with Crippen molar-refractivity contribution < 1.29 is 9.47 Å². The summed E-state index contributed by atoms with van der Waals surface area (Å²) in [6.07, 6.45) is 7.09. The molecule has 4 saturated carbocycles. The molecule has 0 radical (unpaired) electrons. The van der Waals surface area contributed by atoms with E-state index in [1.165, 1.54) is 48.8 Å². The van der Waals surface area contributed by atoms with Crippen LogP contribution in [0.25, 0.3) is 5.57 Å². The van der Waals surface area contributed by atoms with Gasteiger partial charge in [-0.15, -0.1) is 0 Å². The van der Waals surface area contributed by atoms with E-state index >= 15 is 0 Å². The lowest BCUT2D eigenvalue weighted by molar-refractivity contribution is 0.0705. The highest BCUT2D eigenvalue weighted by Gasteiger charge is 2.46. The molecule has 4 bridgehead atoms. The van der Waals surface area contributed by atoms with Gasteiger partial charge in [-0.2, -0.15) is 0 Å². The zero-order valence-corrected chi connectivity index (χ0v) is 16.3. The molecule has 0 heterocycles. The van der Waals surface area contributed by atoms with Crippen LogP contribution in [0.2, 0.25) is 0 Å². The Labute approximate surface area is 162 Å². The van der Waals surface area contributed by atoms with Crippen LogP contribution in [0.1, 0.15) is 43.2 Å². The second kappa shape index (κ2) is 6.74. The summed E-state index contributed by atoms with van der Waals surface area (Å²) in [5.41, 5.74) is 5.85. The van der Waals surface area contributed by atoms with Gasteiger partial charge in [0.25, 0.3) is 0 Å². The number of hydrogen-bond acceptors (Lipinski definition) is 2. The molecule has 0 saturated heterocycles. The average molecular weight is 360 g/mol. The smallest absolute Gasteiger partial charge is 0.118 e. The van der Waals surface area contributed by atoms with Crippen molar-refractivity contribution in [1.29, 1.82) is 0 Å². The van der Waals surface area contributed by atoms with E-state index in [-0.39, 0.29) is 0 Å². The first-order valence-corrected chi connectivity index (χ1v) is 10.3. The Morgan fingerprint density at radius 2 is 1.04 bits per heavy atom. The monoisotopic (exact) mass is 360 g/mol. The third-order valence-electron chi connectivity index (χ3n) is 7.06. The predicted octanol–water partition coefficient (Wildman–Crippen LogP) is 5.96. The van der Waals surface area contributed by atoms with Gasteiger partial charge in [0.15, 0.2) is 0 Å². The van der Waals surface area contributed by atoms with Gasteiger partial charge in [-0.1, -0.05) is 29.8 Å². The first kappa shape index (κ1) is 16.9. The fraction of sp³-hybridized carbons (Fsp3) is 0.440. The fourth-order valence-electron chi connectivity index (χ4n) is 6.12. The van der Waals surface area contributed by atoms with Gasteiger partial charge in [-0.25, -0.2) is 0 Å². The van der Waals surface area contributed by atoms with E-state index in [2.05, 4.69) is 48.5 Å². The summed E-state index contributed by atoms with van der Waals surface area (Å²) in [7, 11) is 3.46. The largest absolute Gasteiger partial charge is 0.497 e. The molecular formula is C25H28O2. The molecule has 0 aliphatic heterocycles. The summed E-state index contributed by atoms with van der Waals surface area (Å²) >= 11 is 0. The van der Waals surface area contributed by atoms with Crippen molar-refractivity contribution in [2.24, 2.45) is 23.7 Å². The van der Waals surface area contributed by atoms with E-state index in [4.69, 9.17) is 9.47 Å². The molecule has 0 atom stereocenters. The molecule has 2 aromatic carbocycles. The second-order valence-electron chi connectivity index (χ2n) is 8.59. The Morgan fingerprint density at radius 3 is 1.41 bits per heavy atom. The highest BCUT2D eigenvalue weighted by atomic mass is 16.5. The molecule has 0 aromatic heterocycles. The van der Waals surface area contributed by atoms with Crippen LogP contribution in [-0.2, 0) is 0 Å². The number of hydrogen-bond donors (Lipinski definition) is 0. The van der Waals surface area contributed by atoms with E-state index in [0.29, 0.717) is 0 Å². The van der Waals surface area contributed by atoms with Gasteiger partial charge >= 0.3 is 0 Å². The molecule has 6 rings (SSSR count). The number of methoxy groups -OCH3 is 2. The molecule has 140 valence electrons. The lowest BCUT2D eigenvalue weighted by Gasteiger charge is -2.52. The van der Waals surface area contributed by atoms with Crippen LogP contribution in [-0.4, -0.2) is 14.2 Å². The number of allylic oxidation sites excluding steroid dienone is 1. The molecule has 0 spiro atoms. The van der Waals surface area contributed by atoms with Gasteiger partial charge in [-0.3, -0.25) is 0 Å². The zero-order chi connectivity index (χ0) is 18.4. The first-order valence-electron chi connectivity index (χ1n) is 10.3. The lowest BCUT2D eigenvalue weighted by atomic mass is 9.53. The van der Waals surface area contributed by atoms with Gasteiger partial charge in [-0.05, 0) is 96.7 Å². The van der Waals surface area contributed by atoms with Crippen LogP contribution < -0.4 is 9.47 Å². The molecule has 4 aliphatic carbocycles. The summed E-state index contributed by atoms with van der Waals surface area (Å²) in [6, 6.07) is 17.3. The standard InChI is InChI=1S/C25H28O2/c1-26-22-7-3-18(4-8-22)24(19-5-9-23(27-2)10-6-19)25-20-12-16-11-17(14-20)15-21(25)13-16/h3-10,16-17,20-21H,11-15H2,1-2H3. The van der Waals surface area contributed by atoms with Gasteiger partial charge in [0.05, 0.1) is 14.2 Å². The average Bonchev–Trinajstić information content (AvgIpc) is 2.70. The molecule has 0 N–H and O–H groups in total. The Morgan fingerprint density at radius 1 is 0.630 bits per heavy atom. The third kappa shape index (κ3) is 2.96. The Balaban J connectivity index is 1.65. The van der Waals surface area contributed by atoms with Crippen molar-refractivity contribution >= 4 is 5.57 Å². The lowest BCUT2D eigenvalue weighted by Crippen LogP contribution is -2.40. The van der Waals surface area contributed by atoms with Crippen LogP contribution in [0.5, 0.6) is 11.5 Å². The van der Waals surface area contributed by atoms with Crippen molar-refractivity contribution in [3.63, 3.8) is 0 Å². The van der Waals surface area contributed by atoms with Crippen LogP contribution in [0, 0.1) is 23.7 Å². The van der Waals surface area contributed by atoms with E-state index in [0.717, 1.165) is 35.2 Å². The Bertz CT molecular complexity index is 765. The van der Waals surface area contributed by atoms with Crippen molar-refractivity contribution in [2.75, 3.05) is 14.2 Å². The van der Waals surface area contributed by atoms with E-state index in [1.54, 1.807) is 19.8 Å². The molecular weight excluding hydrogens is 332 g/mol. The Hall–Kier alpha value is -2.22. The second-order valence-corrected chi connectivity index (χ2v) is 8.59. The summed E-state index contributed by atoms with van der Waals surface area (Å²) in [6.45, 7) is 0. The van der Waals surface area contributed by atoms with E-state index in [1.807, 2.05) is 0 Å². The minimum atomic E-state index is 0.778. The molecule has 4 aliphatic rings. The van der Waals surface area contributed by atoms with Gasteiger partial charge < -0.3 is 9.47 Å². The molecule has 0 unspecified atom stereocenters. The fourth-order valence-corrected chi connectivity index (χ4v) is 6.12. The molecule has 2 nitrogen and oxygen atoms in total. The quantitative estimate of drug-likeness (QED) is 0.669. The Kier molecular flexibility index (Phi) is 4.22. The highest BCUT2D eigenvalue weighted by Crippen LogP contribution is 2.58. The highest BCUT2D eigenvalue weighted by molar-refractivity contribution is 5.83. The predicted molar refractivity (Wildman–Crippen MR) is 109 cm³/mol. The summed E-state index contributed by atoms with van der Waals surface area (Å²) in [5, 5.41) is 0. The van der Waals surface area contributed by atoms with E-state index < -0.39 is 0 Å². The normalized spacial score (nSPS) is 28.3. The molecule has 0 amide bonds. The van der Waals surface area contributed by atoms with Gasteiger partial charge in [0, 0.05) is 0 Å². The minimum absolute atomic E-state index is 0.778. The molecule has 2 heteroatoms. The molecule has 2 aromatic rings. The van der Waals surface area contributed by atoms with Crippen LogP contribution in [0.15, 0.2) is 54.1 Å². The maximum Gasteiger partial charge on any atom is 0.118 e. The summed E-state index contributed by atoms with van der Waals surface area (Å²) < 4.78 is 10.8. The summed E-state index contributed by atoms with van der Waals surface area (Å²) in [4.78, 5) is 0.